The summed E-state index contributed by atoms with van der Waals surface area (Å²) in [5, 5.41) is 12.9. The van der Waals surface area contributed by atoms with Gasteiger partial charge >= 0.3 is 0 Å². The van der Waals surface area contributed by atoms with Crippen LogP contribution in [0.5, 0.6) is 11.6 Å². The molecule has 0 fully saturated rings. The number of hydrogen-bond donors (Lipinski definition) is 2. The summed E-state index contributed by atoms with van der Waals surface area (Å²) in [6.07, 6.45) is 1.65. The van der Waals surface area contributed by atoms with E-state index in [4.69, 9.17) is 4.74 Å². The highest BCUT2D eigenvalue weighted by Gasteiger charge is 2.11. The largest absolute Gasteiger partial charge is 0.507 e. The van der Waals surface area contributed by atoms with E-state index in [2.05, 4.69) is 10.3 Å². The van der Waals surface area contributed by atoms with Gasteiger partial charge in [-0.25, -0.2) is 9.37 Å². The van der Waals surface area contributed by atoms with Crippen molar-refractivity contribution in [1.29, 1.82) is 0 Å². The number of phenols is 1. The molecule has 2 rings (SSSR count). The fourth-order valence-electron chi connectivity index (χ4n) is 1.91. The van der Waals surface area contributed by atoms with Crippen molar-refractivity contribution in [3.63, 3.8) is 0 Å². The lowest BCUT2D eigenvalue weighted by Crippen LogP contribution is -2.07. The van der Waals surface area contributed by atoms with E-state index in [1.807, 2.05) is 19.9 Å². The van der Waals surface area contributed by atoms with Gasteiger partial charge in [-0.15, -0.1) is 0 Å². The molecule has 0 saturated heterocycles. The minimum Gasteiger partial charge on any atom is -0.507 e. The topological polar surface area (TPSA) is 54.4 Å². The fraction of sp³-hybridized carbons (Fsp3) is 0.267. The molecule has 0 aliphatic heterocycles. The molecule has 0 aliphatic rings. The van der Waals surface area contributed by atoms with Crippen LogP contribution in [0.25, 0.3) is 0 Å². The quantitative estimate of drug-likeness (QED) is 0.877. The first-order valence-electron chi connectivity index (χ1n) is 6.44. The molecule has 0 amide bonds. The summed E-state index contributed by atoms with van der Waals surface area (Å²) in [7, 11) is 0. The Morgan fingerprint density at radius 1 is 1.35 bits per heavy atom. The monoisotopic (exact) mass is 276 g/mol. The molecule has 5 heteroatoms. The van der Waals surface area contributed by atoms with E-state index in [9.17, 15) is 9.50 Å². The van der Waals surface area contributed by atoms with Crippen molar-refractivity contribution in [3.05, 3.63) is 47.9 Å². The summed E-state index contributed by atoms with van der Waals surface area (Å²) in [6.45, 7) is 4.34. The number of phenolic OH excluding ortho intramolecular Hbond substituents is 1. The number of ether oxygens (including phenoxy) is 1. The normalized spacial score (nSPS) is 11.9. The van der Waals surface area contributed by atoms with E-state index in [1.165, 1.54) is 6.07 Å². The summed E-state index contributed by atoms with van der Waals surface area (Å²) in [5.74, 6) is 0.0420. The molecule has 0 saturated carbocycles. The lowest BCUT2D eigenvalue weighted by Gasteiger charge is -2.16. The summed E-state index contributed by atoms with van der Waals surface area (Å²) < 4.78 is 18.2. The lowest BCUT2D eigenvalue weighted by atomic mass is 10.1. The van der Waals surface area contributed by atoms with Crippen molar-refractivity contribution in [2.75, 3.05) is 11.9 Å². The van der Waals surface area contributed by atoms with Crippen molar-refractivity contribution in [3.8, 4) is 11.6 Å². The van der Waals surface area contributed by atoms with Gasteiger partial charge in [-0.3, -0.25) is 0 Å². The molecular weight excluding hydrogens is 259 g/mol. The van der Waals surface area contributed by atoms with Gasteiger partial charge in [0.2, 0.25) is 5.88 Å². The van der Waals surface area contributed by atoms with Crippen LogP contribution in [0.4, 0.5) is 10.1 Å². The zero-order valence-corrected chi connectivity index (χ0v) is 11.4. The Morgan fingerprint density at radius 2 is 2.15 bits per heavy atom. The van der Waals surface area contributed by atoms with Gasteiger partial charge in [0.1, 0.15) is 11.6 Å². The number of nitrogens with one attached hydrogen (secondary N) is 1. The molecule has 0 bridgehead atoms. The highest BCUT2D eigenvalue weighted by molar-refractivity contribution is 5.46. The summed E-state index contributed by atoms with van der Waals surface area (Å²) in [4.78, 5) is 4.14. The number of rotatable bonds is 5. The Balaban J connectivity index is 2.08. The van der Waals surface area contributed by atoms with Gasteiger partial charge in [0.05, 0.1) is 24.5 Å². The molecular formula is C15H17FN2O2. The first kappa shape index (κ1) is 14.1. The van der Waals surface area contributed by atoms with Crippen molar-refractivity contribution in [2.24, 2.45) is 0 Å². The second kappa shape index (κ2) is 6.23. The van der Waals surface area contributed by atoms with Gasteiger partial charge in [-0.05, 0) is 26.0 Å². The van der Waals surface area contributed by atoms with E-state index < -0.39 is 5.82 Å². The fourth-order valence-corrected chi connectivity index (χ4v) is 1.91. The van der Waals surface area contributed by atoms with E-state index in [0.29, 0.717) is 18.1 Å². The number of pyridine rings is 1. The molecule has 0 aliphatic carbocycles. The van der Waals surface area contributed by atoms with Crippen LogP contribution in [-0.4, -0.2) is 16.7 Å². The van der Waals surface area contributed by atoms with Crippen molar-refractivity contribution in [2.45, 2.75) is 19.9 Å². The molecule has 4 nitrogen and oxygen atoms in total. The maximum atomic E-state index is 13.0. The van der Waals surface area contributed by atoms with E-state index >= 15 is 0 Å². The average molecular weight is 276 g/mol. The molecule has 106 valence electrons. The van der Waals surface area contributed by atoms with Crippen LogP contribution in [0.1, 0.15) is 25.5 Å². The highest BCUT2D eigenvalue weighted by Crippen LogP contribution is 2.27. The van der Waals surface area contributed by atoms with Gasteiger partial charge in [-0.1, -0.05) is 6.07 Å². The van der Waals surface area contributed by atoms with Crippen LogP contribution in [0.15, 0.2) is 36.5 Å². The van der Waals surface area contributed by atoms with Gasteiger partial charge in [-0.2, -0.15) is 0 Å². The summed E-state index contributed by atoms with van der Waals surface area (Å²) in [5.41, 5.74) is 1.42. The molecule has 2 N–H and O–H groups in total. The Morgan fingerprint density at radius 3 is 2.75 bits per heavy atom. The molecule has 1 unspecified atom stereocenters. The smallest absolute Gasteiger partial charge is 0.213 e. The van der Waals surface area contributed by atoms with Crippen LogP contribution in [-0.2, 0) is 0 Å². The number of nitrogens with zero attached hydrogens (tertiary/aromatic N) is 1. The van der Waals surface area contributed by atoms with Crippen molar-refractivity contribution >= 4 is 5.69 Å². The predicted molar refractivity (Wildman–Crippen MR) is 75.5 cm³/mol. The van der Waals surface area contributed by atoms with Crippen molar-refractivity contribution in [1.82, 2.24) is 4.98 Å². The lowest BCUT2D eigenvalue weighted by molar-refractivity contribution is 0.327. The number of aromatic nitrogens is 1. The third-order valence-corrected chi connectivity index (χ3v) is 2.87. The minimum atomic E-state index is -0.457. The Labute approximate surface area is 117 Å². The van der Waals surface area contributed by atoms with Crippen LogP contribution >= 0.6 is 0 Å². The average Bonchev–Trinajstić information content (AvgIpc) is 2.41. The number of halogens is 1. The molecule has 0 radical (unpaired) electrons. The van der Waals surface area contributed by atoms with E-state index in [0.717, 1.165) is 11.8 Å². The number of hydrogen-bond acceptors (Lipinski definition) is 4. The zero-order valence-electron chi connectivity index (χ0n) is 11.4. The second-order valence-electron chi connectivity index (χ2n) is 4.39. The molecule has 20 heavy (non-hydrogen) atoms. The third kappa shape index (κ3) is 3.38. The standard InChI is InChI=1S/C15H17FN2O2/c1-3-20-15-7-5-12(9-17-15)18-10(2)13-6-4-11(16)8-14(13)19/h4-10,18-19H,3H2,1-2H3. The van der Waals surface area contributed by atoms with E-state index in [-0.39, 0.29) is 11.8 Å². The highest BCUT2D eigenvalue weighted by atomic mass is 19.1. The van der Waals surface area contributed by atoms with Crippen molar-refractivity contribution < 1.29 is 14.2 Å². The number of anilines is 1. The SMILES string of the molecule is CCOc1ccc(NC(C)c2ccc(F)cc2O)cn1. The van der Waals surface area contributed by atoms with Crippen LogP contribution in [0.3, 0.4) is 0 Å². The molecule has 1 aromatic heterocycles. The Bertz CT molecular complexity index is 573. The summed E-state index contributed by atoms with van der Waals surface area (Å²) in [6, 6.07) is 7.42. The molecule has 0 spiro atoms. The first-order chi connectivity index (χ1) is 9.60. The predicted octanol–water partition coefficient (Wildman–Crippen LogP) is 3.50. The van der Waals surface area contributed by atoms with Gasteiger partial charge in [0.25, 0.3) is 0 Å². The van der Waals surface area contributed by atoms with Crippen LogP contribution < -0.4 is 10.1 Å². The minimum absolute atomic E-state index is 0.0658. The molecule has 1 aromatic carbocycles. The molecule has 1 heterocycles. The first-order valence-corrected chi connectivity index (χ1v) is 6.44. The molecule has 2 aromatic rings. The Hall–Kier alpha value is -2.30. The van der Waals surface area contributed by atoms with Gasteiger partial charge in [0.15, 0.2) is 0 Å². The van der Waals surface area contributed by atoms with Crippen LogP contribution in [0, 0.1) is 5.82 Å². The number of benzene rings is 1. The van der Waals surface area contributed by atoms with Gasteiger partial charge < -0.3 is 15.2 Å². The zero-order chi connectivity index (χ0) is 14.5. The van der Waals surface area contributed by atoms with Gasteiger partial charge in [0, 0.05) is 17.7 Å². The van der Waals surface area contributed by atoms with E-state index in [1.54, 1.807) is 18.3 Å². The maximum absolute atomic E-state index is 13.0. The maximum Gasteiger partial charge on any atom is 0.213 e. The number of aromatic hydroxyl groups is 1. The second-order valence-corrected chi connectivity index (χ2v) is 4.39. The molecule has 1 atom stereocenters. The van der Waals surface area contributed by atoms with Crippen LogP contribution in [0.2, 0.25) is 0 Å². The summed E-state index contributed by atoms with van der Waals surface area (Å²) >= 11 is 0. The Kier molecular flexibility index (Phi) is 4.40. The third-order valence-electron chi connectivity index (χ3n) is 2.87.